The molecule has 3 nitrogen and oxygen atoms in total. The molecular formula is C22H31F2N3. The summed E-state index contributed by atoms with van der Waals surface area (Å²) in [6.45, 7) is 11.3. The maximum atomic E-state index is 13.3. The van der Waals surface area contributed by atoms with Crippen molar-refractivity contribution >= 4 is 0 Å². The van der Waals surface area contributed by atoms with Crippen molar-refractivity contribution in [2.75, 3.05) is 19.6 Å². The zero-order chi connectivity index (χ0) is 19.9. The molecule has 1 atom stereocenters. The van der Waals surface area contributed by atoms with Gasteiger partial charge in [-0.3, -0.25) is 0 Å². The number of hydrogen-bond donors (Lipinski definition) is 1. The van der Waals surface area contributed by atoms with Crippen LogP contribution in [-0.2, 0) is 6.42 Å². The van der Waals surface area contributed by atoms with Crippen LogP contribution in [0.4, 0.5) is 8.78 Å². The Morgan fingerprint density at radius 1 is 1.33 bits per heavy atom. The Bertz CT molecular complexity index is 675. The number of allylic oxidation sites excluding steroid dienone is 1. The van der Waals surface area contributed by atoms with Crippen molar-refractivity contribution in [1.29, 1.82) is 5.26 Å². The third-order valence-corrected chi connectivity index (χ3v) is 5.81. The number of nitriles is 1. The number of hydrogen-bond acceptors (Lipinski definition) is 3. The molecule has 0 saturated carbocycles. The van der Waals surface area contributed by atoms with Gasteiger partial charge in [0.1, 0.15) is 0 Å². The van der Waals surface area contributed by atoms with E-state index in [0.29, 0.717) is 18.9 Å². The van der Waals surface area contributed by atoms with Crippen molar-refractivity contribution in [2.24, 2.45) is 5.41 Å². The topological polar surface area (TPSA) is 39.1 Å². The van der Waals surface area contributed by atoms with E-state index >= 15 is 0 Å². The Morgan fingerprint density at radius 2 is 2.04 bits per heavy atom. The molecule has 1 fully saturated rings. The van der Waals surface area contributed by atoms with E-state index < -0.39 is 11.6 Å². The molecule has 2 rings (SSSR count). The summed E-state index contributed by atoms with van der Waals surface area (Å²) in [4.78, 5) is 2.30. The third-order valence-electron chi connectivity index (χ3n) is 5.81. The van der Waals surface area contributed by atoms with Crippen molar-refractivity contribution in [3.8, 4) is 6.07 Å². The van der Waals surface area contributed by atoms with E-state index in [2.05, 4.69) is 36.7 Å². The number of nitrogens with zero attached hydrogens (tertiary/aromatic N) is 2. The van der Waals surface area contributed by atoms with Crippen LogP contribution in [0.15, 0.2) is 30.5 Å². The van der Waals surface area contributed by atoms with Crippen LogP contribution in [-0.4, -0.2) is 30.6 Å². The molecule has 1 N–H and O–H groups in total. The number of aryl methyl sites for hydroxylation is 1. The van der Waals surface area contributed by atoms with Gasteiger partial charge in [0.25, 0.3) is 0 Å². The number of nitrogens with one attached hydrogen (secondary N) is 1. The average molecular weight is 376 g/mol. The van der Waals surface area contributed by atoms with Gasteiger partial charge in [0, 0.05) is 37.8 Å². The summed E-state index contributed by atoms with van der Waals surface area (Å²) in [5.74, 6) is -1.60. The molecule has 1 saturated heterocycles. The van der Waals surface area contributed by atoms with Gasteiger partial charge in [0.05, 0.1) is 6.07 Å². The second kappa shape index (κ2) is 9.85. The molecule has 1 heterocycles. The van der Waals surface area contributed by atoms with E-state index in [0.717, 1.165) is 56.6 Å². The number of likely N-dealkylation sites (tertiary alicyclic amines) is 1. The number of piperidine rings is 1. The van der Waals surface area contributed by atoms with E-state index in [9.17, 15) is 8.78 Å². The largest absolute Gasteiger partial charge is 0.375 e. The number of rotatable bonds is 9. The minimum absolute atomic E-state index is 0.0416. The molecule has 0 aromatic heterocycles. The minimum atomic E-state index is -0.805. The Hall–Kier alpha value is -1.93. The van der Waals surface area contributed by atoms with Crippen LogP contribution >= 0.6 is 0 Å². The normalized spacial score (nSPS) is 17.4. The Kier molecular flexibility index (Phi) is 7.79. The van der Waals surface area contributed by atoms with E-state index in [1.165, 1.54) is 12.1 Å². The monoisotopic (exact) mass is 375 g/mol. The summed E-state index contributed by atoms with van der Waals surface area (Å²) in [7, 11) is 0. The van der Waals surface area contributed by atoms with E-state index in [4.69, 9.17) is 5.26 Å². The standard InChI is InChI=1S/C22H31F2N3/c1-4-22(3,11-12-25)16-26-19-9-13-27(14-10-19)17(2)5-6-18-7-8-20(23)21(24)15-18/h7-8,15,19,26H,2,4-6,9-11,13-14,16H2,1,3H3. The van der Waals surface area contributed by atoms with E-state index in [-0.39, 0.29) is 5.41 Å². The maximum Gasteiger partial charge on any atom is 0.159 e. The quantitative estimate of drug-likeness (QED) is 0.674. The van der Waals surface area contributed by atoms with E-state index in [1.54, 1.807) is 6.07 Å². The molecule has 0 bridgehead atoms. The molecule has 0 aliphatic carbocycles. The summed E-state index contributed by atoms with van der Waals surface area (Å²) >= 11 is 0. The second-order valence-electron chi connectivity index (χ2n) is 7.96. The average Bonchev–Trinajstić information content (AvgIpc) is 2.67. The second-order valence-corrected chi connectivity index (χ2v) is 7.96. The zero-order valence-electron chi connectivity index (χ0n) is 16.5. The molecule has 0 spiro atoms. The van der Waals surface area contributed by atoms with Gasteiger partial charge >= 0.3 is 0 Å². The fraction of sp³-hybridized carbons (Fsp3) is 0.591. The Labute approximate surface area is 162 Å². The SMILES string of the molecule is C=C(CCc1ccc(F)c(F)c1)N1CCC(NCC(C)(CC)CC#N)CC1. The first-order chi connectivity index (χ1) is 12.9. The molecule has 1 aliphatic rings. The molecule has 1 aromatic rings. The van der Waals surface area contributed by atoms with Crippen LogP contribution in [0.1, 0.15) is 51.5 Å². The lowest BCUT2D eigenvalue weighted by atomic mass is 9.84. The lowest BCUT2D eigenvalue weighted by Gasteiger charge is -2.37. The Balaban J connectivity index is 1.73. The van der Waals surface area contributed by atoms with Crippen LogP contribution in [0.2, 0.25) is 0 Å². The van der Waals surface area contributed by atoms with Crippen molar-refractivity contribution < 1.29 is 8.78 Å². The molecular weight excluding hydrogens is 344 g/mol. The molecule has 27 heavy (non-hydrogen) atoms. The molecule has 5 heteroatoms. The summed E-state index contributed by atoms with van der Waals surface area (Å²) < 4.78 is 26.3. The minimum Gasteiger partial charge on any atom is -0.375 e. The first-order valence-electron chi connectivity index (χ1n) is 9.84. The van der Waals surface area contributed by atoms with Crippen LogP contribution in [0.25, 0.3) is 0 Å². The van der Waals surface area contributed by atoms with Gasteiger partial charge in [-0.1, -0.05) is 26.5 Å². The van der Waals surface area contributed by atoms with Crippen molar-refractivity contribution in [3.05, 3.63) is 47.7 Å². The van der Waals surface area contributed by atoms with Gasteiger partial charge in [-0.15, -0.1) is 0 Å². The molecule has 1 unspecified atom stereocenters. The first kappa shape index (κ1) is 21.4. The molecule has 1 aliphatic heterocycles. The molecule has 0 radical (unpaired) electrons. The van der Waals surface area contributed by atoms with Crippen LogP contribution in [0, 0.1) is 28.4 Å². The smallest absolute Gasteiger partial charge is 0.159 e. The van der Waals surface area contributed by atoms with Crippen LogP contribution < -0.4 is 5.32 Å². The molecule has 0 amide bonds. The van der Waals surface area contributed by atoms with Crippen LogP contribution in [0.3, 0.4) is 0 Å². The van der Waals surface area contributed by atoms with Crippen molar-refractivity contribution in [3.63, 3.8) is 0 Å². The third kappa shape index (κ3) is 6.32. The van der Waals surface area contributed by atoms with Crippen molar-refractivity contribution in [1.82, 2.24) is 10.2 Å². The fourth-order valence-corrected chi connectivity index (χ4v) is 3.44. The summed E-state index contributed by atoms with van der Waals surface area (Å²) in [5, 5.41) is 12.6. The fourth-order valence-electron chi connectivity index (χ4n) is 3.44. The maximum absolute atomic E-state index is 13.3. The van der Waals surface area contributed by atoms with Gasteiger partial charge < -0.3 is 10.2 Å². The van der Waals surface area contributed by atoms with Crippen molar-refractivity contribution in [2.45, 2.75) is 58.4 Å². The zero-order valence-corrected chi connectivity index (χ0v) is 16.5. The van der Waals surface area contributed by atoms with Gasteiger partial charge in [-0.2, -0.15) is 5.26 Å². The highest BCUT2D eigenvalue weighted by Gasteiger charge is 2.25. The summed E-state index contributed by atoms with van der Waals surface area (Å²) in [5.41, 5.74) is 1.89. The van der Waals surface area contributed by atoms with E-state index in [1.807, 2.05) is 0 Å². The van der Waals surface area contributed by atoms with Crippen LogP contribution in [0.5, 0.6) is 0 Å². The van der Waals surface area contributed by atoms with Gasteiger partial charge in [0.15, 0.2) is 11.6 Å². The lowest BCUT2D eigenvalue weighted by molar-refractivity contribution is 0.212. The number of benzene rings is 1. The lowest BCUT2D eigenvalue weighted by Crippen LogP contribution is -2.45. The Morgan fingerprint density at radius 3 is 2.63 bits per heavy atom. The molecule has 148 valence electrons. The highest BCUT2D eigenvalue weighted by atomic mass is 19.2. The summed E-state index contributed by atoms with van der Waals surface area (Å²) in [6, 6.07) is 6.86. The predicted molar refractivity (Wildman–Crippen MR) is 105 cm³/mol. The predicted octanol–water partition coefficient (Wildman–Crippen LogP) is 4.80. The first-order valence-corrected chi connectivity index (χ1v) is 9.84. The van der Waals surface area contributed by atoms with Gasteiger partial charge in [-0.25, -0.2) is 8.78 Å². The molecule has 1 aromatic carbocycles. The van der Waals surface area contributed by atoms with Gasteiger partial charge in [0.2, 0.25) is 0 Å². The summed E-state index contributed by atoms with van der Waals surface area (Å²) in [6.07, 6.45) is 5.09. The van der Waals surface area contributed by atoms with Gasteiger partial charge in [-0.05, 0) is 55.2 Å². The highest BCUT2D eigenvalue weighted by Crippen LogP contribution is 2.25. The number of halogens is 2. The highest BCUT2D eigenvalue weighted by molar-refractivity contribution is 5.19.